The molecule has 1 fully saturated rings. The third-order valence-electron chi connectivity index (χ3n) is 10.8. The summed E-state index contributed by atoms with van der Waals surface area (Å²) >= 11 is 0. The largest absolute Gasteiger partial charge is 0.357 e. The number of likely N-dealkylation sites (N-methyl/N-ethyl adjacent to an activating group) is 1. The Balaban J connectivity index is 1.34. The molecule has 300 valence electrons. The van der Waals surface area contributed by atoms with Crippen molar-refractivity contribution in [3.8, 4) is 11.1 Å². The van der Waals surface area contributed by atoms with E-state index in [0.29, 0.717) is 36.9 Å². The molecular weight excluding hydrogens is 733 g/mol. The van der Waals surface area contributed by atoms with E-state index in [1.54, 1.807) is 17.0 Å². The third-order valence-corrected chi connectivity index (χ3v) is 10.8. The van der Waals surface area contributed by atoms with Crippen molar-refractivity contribution < 1.29 is 28.8 Å². The van der Waals surface area contributed by atoms with E-state index in [0.717, 1.165) is 28.3 Å². The van der Waals surface area contributed by atoms with Crippen LogP contribution in [-0.2, 0) is 54.6 Å². The highest BCUT2D eigenvalue weighted by atomic mass is 16.2. The lowest BCUT2D eigenvalue weighted by atomic mass is 9.74. The number of amides is 6. The van der Waals surface area contributed by atoms with Crippen molar-refractivity contribution in [3.05, 3.63) is 144 Å². The highest BCUT2D eigenvalue weighted by Crippen LogP contribution is 2.35. The zero-order valence-electron chi connectivity index (χ0n) is 32.7. The maximum atomic E-state index is 14.8. The Kier molecular flexibility index (Phi) is 13.8. The van der Waals surface area contributed by atoms with E-state index in [2.05, 4.69) is 26.6 Å². The number of nitrogens with one attached hydrogen (secondary N) is 5. The predicted molar refractivity (Wildman–Crippen MR) is 221 cm³/mol. The van der Waals surface area contributed by atoms with Crippen LogP contribution in [0.4, 0.5) is 0 Å². The van der Waals surface area contributed by atoms with Gasteiger partial charge in [0.15, 0.2) is 0 Å². The molecule has 0 spiro atoms. The van der Waals surface area contributed by atoms with Gasteiger partial charge >= 0.3 is 0 Å². The topological polar surface area (TPSA) is 166 Å². The highest BCUT2D eigenvalue weighted by Gasteiger charge is 2.44. The normalized spacial score (nSPS) is 21.7. The van der Waals surface area contributed by atoms with Gasteiger partial charge in [0, 0.05) is 51.8 Å². The molecule has 2 heterocycles. The predicted octanol–water partition coefficient (Wildman–Crippen LogP) is 3.40. The second-order valence-electron chi connectivity index (χ2n) is 14.9. The second kappa shape index (κ2) is 19.5. The summed E-state index contributed by atoms with van der Waals surface area (Å²) in [6.07, 6.45) is 3.89. The molecule has 0 saturated carbocycles. The fourth-order valence-electron chi connectivity index (χ4n) is 7.66. The van der Waals surface area contributed by atoms with Gasteiger partial charge in [-0.25, -0.2) is 0 Å². The summed E-state index contributed by atoms with van der Waals surface area (Å²) in [5.41, 5.74) is 4.10. The monoisotopic (exact) mass is 782 g/mol. The van der Waals surface area contributed by atoms with Crippen LogP contribution in [0.15, 0.2) is 121 Å². The number of hydrogen-bond donors (Lipinski definition) is 5. The maximum absolute atomic E-state index is 14.8. The van der Waals surface area contributed by atoms with Crippen LogP contribution >= 0.6 is 0 Å². The van der Waals surface area contributed by atoms with E-state index in [-0.39, 0.29) is 44.8 Å². The van der Waals surface area contributed by atoms with E-state index >= 15 is 0 Å². The molecule has 0 radical (unpaired) electrons. The SMILES string of the molecule is CNC(=O)[C@@H]1CCNC(=O)/C=C/C(=O)N2CCC[C@](Cc3ccccc3)(C2)C(=O)N[C@@H](Cc2ccc(-c3ccccc3)cc2)C(=O)NCc2ccccc2CC(=O)N1. The van der Waals surface area contributed by atoms with Crippen molar-refractivity contribution in [2.45, 2.75) is 57.2 Å². The Morgan fingerprint density at radius 3 is 2.16 bits per heavy atom. The minimum Gasteiger partial charge on any atom is -0.357 e. The first kappa shape index (κ1) is 41.1. The van der Waals surface area contributed by atoms with Gasteiger partial charge in [-0.1, -0.05) is 109 Å². The van der Waals surface area contributed by atoms with Gasteiger partial charge in [-0.3, -0.25) is 28.8 Å². The molecule has 1 saturated heterocycles. The van der Waals surface area contributed by atoms with Crippen LogP contribution in [0.25, 0.3) is 11.1 Å². The smallest absolute Gasteiger partial charge is 0.246 e. The lowest BCUT2D eigenvalue weighted by Crippen LogP contribution is -2.58. The second-order valence-corrected chi connectivity index (χ2v) is 14.9. The fraction of sp³-hybridized carbons (Fsp3) is 0.304. The molecule has 3 atom stereocenters. The Morgan fingerprint density at radius 1 is 0.759 bits per heavy atom. The van der Waals surface area contributed by atoms with E-state index in [4.69, 9.17) is 0 Å². The molecule has 4 aromatic rings. The average Bonchev–Trinajstić information content (AvgIpc) is 3.24. The summed E-state index contributed by atoms with van der Waals surface area (Å²) in [5, 5.41) is 14.1. The molecule has 2 aliphatic heterocycles. The van der Waals surface area contributed by atoms with Crippen LogP contribution in [0.5, 0.6) is 0 Å². The molecule has 2 aliphatic rings. The maximum Gasteiger partial charge on any atom is 0.246 e. The van der Waals surface area contributed by atoms with E-state index < -0.39 is 47.0 Å². The number of piperidine rings is 1. The molecule has 0 aliphatic carbocycles. The van der Waals surface area contributed by atoms with Crippen molar-refractivity contribution in [1.82, 2.24) is 31.5 Å². The number of benzene rings is 4. The van der Waals surface area contributed by atoms with Crippen LogP contribution in [0.1, 0.15) is 41.5 Å². The summed E-state index contributed by atoms with van der Waals surface area (Å²) in [7, 11) is 1.46. The first-order chi connectivity index (χ1) is 28.1. The quantitative estimate of drug-likeness (QED) is 0.201. The summed E-state index contributed by atoms with van der Waals surface area (Å²) in [5.74, 6) is -2.56. The minimum atomic E-state index is -1.08. The van der Waals surface area contributed by atoms with Crippen molar-refractivity contribution >= 4 is 35.4 Å². The standard InChI is InChI=1S/C46H50N6O6/c1-47-43(56)38-23-25-48-40(53)21-22-42(55)52-26-10-24-46(31-52,29-33-11-4-2-5-12-33)45(58)51-39(27-32-17-19-35(20-18-32)34-13-6-3-7-14-34)44(57)49-30-37-16-9-8-15-36(37)28-41(54)50-38/h2-9,11-22,38-39H,10,23-31H2,1H3,(H,47,56)(H,48,53)(H,49,57)(H,50,54)(H,51,58)/b22-21+/t38-,39-,46-/m0/s1. The van der Waals surface area contributed by atoms with E-state index in [1.165, 1.54) is 13.1 Å². The third kappa shape index (κ3) is 10.8. The number of fused-ring (bicyclic) bond motifs is 3. The van der Waals surface area contributed by atoms with E-state index in [1.807, 2.05) is 97.1 Å². The van der Waals surface area contributed by atoms with Crippen LogP contribution in [-0.4, -0.2) is 79.1 Å². The van der Waals surface area contributed by atoms with Gasteiger partial charge in [-0.2, -0.15) is 0 Å². The molecule has 58 heavy (non-hydrogen) atoms. The number of hydrogen-bond acceptors (Lipinski definition) is 6. The summed E-state index contributed by atoms with van der Waals surface area (Å²) < 4.78 is 0. The van der Waals surface area contributed by atoms with Crippen LogP contribution in [0, 0.1) is 5.41 Å². The number of rotatable bonds is 6. The fourth-order valence-corrected chi connectivity index (χ4v) is 7.66. The molecule has 5 N–H and O–H groups in total. The van der Waals surface area contributed by atoms with E-state index in [9.17, 15) is 28.8 Å². The Bertz CT molecular complexity index is 2120. The molecule has 4 aromatic carbocycles. The average molecular weight is 783 g/mol. The number of nitrogens with zero attached hydrogens (tertiary/aromatic N) is 1. The lowest BCUT2D eigenvalue weighted by Gasteiger charge is -2.42. The zero-order chi connectivity index (χ0) is 40.9. The highest BCUT2D eigenvalue weighted by molar-refractivity contribution is 5.97. The Hall–Kier alpha value is -6.56. The molecule has 12 nitrogen and oxygen atoms in total. The van der Waals surface area contributed by atoms with Gasteiger partial charge < -0.3 is 31.5 Å². The summed E-state index contributed by atoms with van der Waals surface area (Å²) in [6.45, 7) is 0.607. The molecule has 12 heteroatoms. The molecule has 6 amide bonds. The summed E-state index contributed by atoms with van der Waals surface area (Å²) in [6, 6.07) is 32.7. The molecule has 0 unspecified atom stereocenters. The van der Waals surface area contributed by atoms with Gasteiger partial charge in [0.2, 0.25) is 35.4 Å². The molecular formula is C46H50N6O6. The molecule has 6 rings (SSSR count). The van der Waals surface area contributed by atoms with Gasteiger partial charge in [-0.05, 0) is 59.1 Å². The van der Waals surface area contributed by atoms with Gasteiger partial charge in [0.05, 0.1) is 11.8 Å². The lowest BCUT2D eigenvalue weighted by molar-refractivity contribution is -0.141. The number of carbonyl (C=O) groups excluding carboxylic acids is 6. The minimum absolute atomic E-state index is 0.0563. The van der Waals surface area contributed by atoms with Gasteiger partial charge in [0.1, 0.15) is 12.1 Å². The molecule has 2 bridgehead atoms. The van der Waals surface area contributed by atoms with Gasteiger partial charge in [0.25, 0.3) is 0 Å². The first-order valence-corrected chi connectivity index (χ1v) is 19.7. The zero-order valence-corrected chi connectivity index (χ0v) is 32.7. The Labute approximate surface area is 338 Å². The van der Waals surface area contributed by atoms with Crippen LogP contribution < -0.4 is 26.6 Å². The molecule has 0 aromatic heterocycles. The summed E-state index contributed by atoms with van der Waals surface area (Å²) in [4.78, 5) is 83.0. The Morgan fingerprint density at radius 2 is 1.43 bits per heavy atom. The van der Waals surface area contributed by atoms with Crippen molar-refractivity contribution in [2.24, 2.45) is 5.41 Å². The number of carbonyl (C=O) groups is 6. The van der Waals surface area contributed by atoms with Crippen molar-refractivity contribution in [3.63, 3.8) is 0 Å². The van der Waals surface area contributed by atoms with Crippen molar-refractivity contribution in [1.29, 1.82) is 0 Å². The first-order valence-electron chi connectivity index (χ1n) is 19.7. The van der Waals surface area contributed by atoms with Crippen molar-refractivity contribution in [2.75, 3.05) is 26.7 Å². The van der Waals surface area contributed by atoms with Crippen LogP contribution in [0.3, 0.4) is 0 Å². The van der Waals surface area contributed by atoms with Gasteiger partial charge in [-0.15, -0.1) is 0 Å². The van der Waals surface area contributed by atoms with Crippen LogP contribution in [0.2, 0.25) is 0 Å².